The lowest BCUT2D eigenvalue weighted by Gasteiger charge is -2.13. The molecule has 4 nitrogen and oxygen atoms in total. The summed E-state index contributed by atoms with van der Waals surface area (Å²) in [6.45, 7) is 3.72. The first-order chi connectivity index (χ1) is 12.1. The average Bonchev–Trinajstić information content (AvgIpc) is 3.16. The Labute approximate surface area is 151 Å². The van der Waals surface area contributed by atoms with Gasteiger partial charge in [-0.1, -0.05) is 29.8 Å². The summed E-state index contributed by atoms with van der Waals surface area (Å²) in [7, 11) is 0. The molecule has 2 N–H and O–H groups in total. The maximum Gasteiger partial charge on any atom is 0.251 e. The van der Waals surface area contributed by atoms with E-state index in [1.54, 1.807) is 13.1 Å². The van der Waals surface area contributed by atoms with Crippen LogP contribution in [0.15, 0.2) is 54.0 Å². The number of carbonyl (C=O) groups is 1. The molecule has 0 fully saturated rings. The van der Waals surface area contributed by atoms with Gasteiger partial charge in [0.1, 0.15) is 5.01 Å². The van der Waals surface area contributed by atoms with Gasteiger partial charge in [0.05, 0.1) is 6.61 Å². The summed E-state index contributed by atoms with van der Waals surface area (Å²) in [4.78, 5) is 16.9. The van der Waals surface area contributed by atoms with Gasteiger partial charge in [0.25, 0.3) is 5.91 Å². The van der Waals surface area contributed by atoms with Crippen molar-refractivity contribution < 1.29 is 9.90 Å². The highest BCUT2D eigenvalue weighted by Crippen LogP contribution is 2.29. The van der Waals surface area contributed by atoms with Crippen LogP contribution in [0.3, 0.4) is 0 Å². The number of amides is 1. The summed E-state index contributed by atoms with van der Waals surface area (Å²) in [5, 5.41) is 14.8. The normalized spacial score (nSPS) is 12.0. The standard InChI is InChI=1S/C20H20N2O2S/c1-13-3-5-15(6-4-13)16-9-17(19(24)22-14(2)12-23)11-18(10-16)20-21-7-8-25-20/h3-11,14,23H,12H2,1-2H3,(H,22,24)/t14-/m1/s1. The molecule has 0 unspecified atom stereocenters. The summed E-state index contributed by atoms with van der Waals surface area (Å²) in [6, 6.07) is 13.7. The van der Waals surface area contributed by atoms with Gasteiger partial charge in [0.15, 0.2) is 0 Å². The Balaban J connectivity index is 2.05. The van der Waals surface area contributed by atoms with Gasteiger partial charge < -0.3 is 10.4 Å². The molecule has 0 aliphatic carbocycles. The van der Waals surface area contributed by atoms with Crippen LogP contribution < -0.4 is 5.32 Å². The smallest absolute Gasteiger partial charge is 0.251 e. The van der Waals surface area contributed by atoms with Crippen molar-refractivity contribution in [3.05, 3.63) is 65.2 Å². The van der Waals surface area contributed by atoms with Gasteiger partial charge in [-0.15, -0.1) is 11.3 Å². The first-order valence-electron chi connectivity index (χ1n) is 8.10. The molecule has 1 aromatic heterocycles. The fourth-order valence-corrected chi connectivity index (χ4v) is 3.14. The largest absolute Gasteiger partial charge is 0.394 e. The van der Waals surface area contributed by atoms with Gasteiger partial charge in [-0.05, 0) is 43.2 Å². The Morgan fingerprint density at radius 1 is 1.16 bits per heavy atom. The number of hydrogen-bond acceptors (Lipinski definition) is 4. The van der Waals surface area contributed by atoms with Crippen LogP contribution in [0.25, 0.3) is 21.7 Å². The van der Waals surface area contributed by atoms with Crippen molar-refractivity contribution in [3.63, 3.8) is 0 Å². The summed E-state index contributed by atoms with van der Waals surface area (Å²) in [5.74, 6) is -0.201. The number of benzene rings is 2. The van der Waals surface area contributed by atoms with Crippen LogP contribution in [0.4, 0.5) is 0 Å². The highest BCUT2D eigenvalue weighted by molar-refractivity contribution is 7.13. The lowest BCUT2D eigenvalue weighted by molar-refractivity contribution is 0.0922. The van der Waals surface area contributed by atoms with Gasteiger partial charge in [-0.3, -0.25) is 4.79 Å². The van der Waals surface area contributed by atoms with Crippen LogP contribution in [0.2, 0.25) is 0 Å². The van der Waals surface area contributed by atoms with Crippen molar-refractivity contribution in [2.45, 2.75) is 19.9 Å². The van der Waals surface area contributed by atoms with Gasteiger partial charge >= 0.3 is 0 Å². The number of nitrogens with zero attached hydrogens (tertiary/aromatic N) is 1. The molecule has 1 heterocycles. The number of aryl methyl sites for hydroxylation is 1. The van der Waals surface area contributed by atoms with Crippen molar-refractivity contribution >= 4 is 17.2 Å². The van der Waals surface area contributed by atoms with Crippen molar-refractivity contribution in [3.8, 4) is 21.7 Å². The molecule has 5 heteroatoms. The zero-order valence-electron chi connectivity index (χ0n) is 14.2. The minimum Gasteiger partial charge on any atom is -0.394 e. The second-order valence-electron chi connectivity index (χ2n) is 6.06. The van der Waals surface area contributed by atoms with E-state index in [1.807, 2.05) is 36.6 Å². The van der Waals surface area contributed by atoms with E-state index < -0.39 is 0 Å². The summed E-state index contributed by atoms with van der Waals surface area (Å²) >= 11 is 1.54. The molecule has 1 atom stereocenters. The zero-order valence-corrected chi connectivity index (χ0v) is 15.0. The zero-order chi connectivity index (χ0) is 17.8. The molecule has 0 aliphatic rings. The predicted molar refractivity (Wildman–Crippen MR) is 102 cm³/mol. The molecule has 1 amide bonds. The van der Waals surface area contributed by atoms with Gasteiger partial charge in [0, 0.05) is 28.7 Å². The average molecular weight is 352 g/mol. The van der Waals surface area contributed by atoms with E-state index in [9.17, 15) is 9.90 Å². The number of thiazole rings is 1. The molecule has 3 rings (SSSR count). The molecule has 128 valence electrons. The molecule has 25 heavy (non-hydrogen) atoms. The van der Waals surface area contributed by atoms with Crippen molar-refractivity contribution in [2.24, 2.45) is 0 Å². The van der Waals surface area contributed by atoms with Gasteiger partial charge in [-0.25, -0.2) is 4.98 Å². The maximum atomic E-state index is 12.5. The fourth-order valence-electron chi connectivity index (χ4n) is 2.51. The Morgan fingerprint density at radius 2 is 1.88 bits per heavy atom. The third kappa shape index (κ3) is 4.13. The minimum absolute atomic E-state index is 0.0945. The second-order valence-corrected chi connectivity index (χ2v) is 6.95. The molecule has 0 aliphatic heterocycles. The second kappa shape index (κ2) is 7.59. The molecule has 0 bridgehead atoms. The van der Waals surface area contributed by atoms with E-state index in [-0.39, 0.29) is 18.6 Å². The Kier molecular flexibility index (Phi) is 5.26. The molecule has 0 saturated heterocycles. The third-order valence-electron chi connectivity index (χ3n) is 3.91. The van der Waals surface area contributed by atoms with E-state index in [4.69, 9.17) is 0 Å². The topological polar surface area (TPSA) is 62.2 Å². The molecular weight excluding hydrogens is 332 g/mol. The first kappa shape index (κ1) is 17.3. The summed E-state index contributed by atoms with van der Waals surface area (Å²) in [6.07, 6.45) is 1.76. The van der Waals surface area contributed by atoms with E-state index in [2.05, 4.69) is 28.5 Å². The van der Waals surface area contributed by atoms with E-state index in [0.717, 1.165) is 21.7 Å². The number of hydrogen-bond donors (Lipinski definition) is 2. The number of aliphatic hydroxyl groups excluding tert-OH is 1. The monoisotopic (exact) mass is 352 g/mol. The lowest BCUT2D eigenvalue weighted by Crippen LogP contribution is -2.35. The molecule has 2 aromatic carbocycles. The van der Waals surface area contributed by atoms with Crippen LogP contribution in [0, 0.1) is 6.92 Å². The van der Waals surface area contributed by atoms with Crippen molar-refractivity contribution in [1.29, 1.82) is 0 Å². The summed E-state index contributed by atoms with van der Waals surface area (Å²) in [5.41, 5.74) is 4.68. The Bertz CT molecular complexity index is 858. The number of rotatable bonds is 5. The highest BCUT2D eigenvalue weighted by Gasteiger charge is 2.14. The predicted octanol–water partition coefficient (Wildman–Crippen LogP) is 3.90. The molecule has 3 aromatic rings. The number of nitrogens with one attached hydrogen (secondary N) is 1. The van der Waals surface area contributed by atoms with E-state index >= 15 is 0 Å². The number of carbonyl (C=O) groups excluding carboxylic acids is 1. The van der Waals surface area contributed by atoms with Crippen LogP contribution in [0.5, 0.6) is 0 Å². The van der Waals surface area contributed by atoms with Gasteiger partial charge in [-0.2, -0.15) is 0 Å². The Morgan fingerprint density at radius 3 is 2.52 bits per heavy atom. The number of aliphatic hydroxyl groups is 1. The van der Waals surface area contributed by atoms with Crippen LogP contribution >= 0.6 is 11.3 Å². The SMILES string of the molecule is Cc1ccc(-c2cc(C(=O)N[C@H](C)CO)cc(-c3nccs3)c2)cc1. The molecule has 0 spiro atoms. The molecule has 0 radical (unpaired) electrons. The van der Waals surface area contributed by atoms with Crippen molar-refractivity contribution in [1.82, 2.24) is 10.3 Å². The quantitative estimate of drug-likeness (QED) is 0.732. The fraction of sp³-hybridized carbons (Fsp3) is 0.200. The van der Waals surface area contributed by atoms with Gasteiger partial charge in [0.2, 0.25) is 0 Å². The summed E-state index contributed by atoms with van der Waals surface area (Å²) < 4.78 is 0. The van der Waals surface area contributed by atoms with Crippen molar-refractivity contribution in [2.75, 3.05) is 6.61 Å². The maximum absolute atomic E-state index is 12.5. The molecular formula is C20H20N2O2S. The number of aromatic nitrogens is 1. The Hall–Kier alpha value is -2.50. The first-order valence-corrected chi connectivity index (χ1v) is 8.98. The van der Waals surface area contributed by atoms with Crippen LogP contribution in [-0.4, -0.2) is 28.6 Å². The molecule has 0 saturated carbocycles. The van der Waals surface area contributed by atoms with E-state index in [1.165, 1.54) is 16.9 Å². The van der Waals surface area contributed by atoms with Crippen LogP contribution in [0.1, 0.15) is 22.8 Å². The van der Waals surface area contributed by atoms with E-state index in [0.29, 0.717) is 5.56 Å². The minimum atomic E-state index is -0.293. The lowest BCUT2D eigenvalue weighted by atomic mass is 9.98. The third-order valence-corrected chi connectivity index (χ3v) is 4.73. The van der Waals surface area contributed by atoms with Crippen LogP contribution in [-0.2, 0) is 0 Å². The highest BCUT2D eigenvalue weighted by atomic mass is 32.1.